The highest BCUT2D eigenvalue weighted by atomic mass is 32.2. The number of rotatable bonds is 4. The van der Waals surface area contributed by atoms with Crippen LogP contribution in [0.4, 0.5) is 16.3 Å². The van der Waals surface area contributed by atoms with Gasteiger partial charge in [0.25, 0.3) is 0 Å². The van der Waals surface area contributed by atoms with Gasteiger partial charge in [-0.3, -0.25) is 14.6 Å². The lowest BCUT2D eigenvalue weighted by molar-refractivity contribution is 0.262. The van der Waals surface area contributed by atoms with E-state index >= 15 is 0 Å². The molecule has 0 spiro atoms. The standard InChI is InChI=1S/C13H15N5O2S/c1-21(20)9-4-5-11(14-6-9)17-13(19)16-10-7-15-18-12(10)8-2-3-8/h4-8H,2-3H2,1H3,(H,15,18)(H2,14,16,17,19). The molecule has 1 atom stereocenters. The molecule has 1 fully saturated rings. The van der Waals surface area contributed by atoms with Crippen LogP contribution in [0.1, 0.15) is 24.5 Å². The fourth-order valence-corrected chi connectivity index (χ4v) is 2.43. The molecule has 2 aromatic heterocycles. The van der Waals surface area contributed by atoms with Gasteiger partial charge in [0.1, 0.15) is 5.82 Å². The molecule has 8 heteroatoms. The maximum Gasteiger partial charge on any atom is 0.324 e. The maximum atomic E-state index is 11.9. The first kappa shape index (κ1) is 13.7. The Morgan fingerprint density at radius 1 is 1.33 bits per heavy atom. The van der Waals surface area contributed by atoms with Gasteiger partial charge in [-0.15, -0.1) is 0 Å². The van der Waals surface area contributed by atoms with E-state index in [2.05, 4.69) is 25.8 Å². The number of carbonyl (C=O) groups excluding carboxylic acids is 1. The Morgan fingerprint density at radius 3 is 2.76 bits per heavy atom. The van der Waals surface area contributed by atoms with Gasteiger partial charge in [0.2, 0.25) is 0 Å². The number of carbonyl (C=O) groups is 1. The maximum absolute atomic E-state index is 11.9. The fourth-order valence-electron chi connectivity index (χ4n) is 1.97. The first-order valence-electron chi connectivity index (χ1n) is 6.54. The van der Waals surface area contributed by atoms with Crippen molar-refractivity contribution in [2.75, 3.05) is 16.9 Å². The van der Waals surface area contributed by atoms with Crippen molar-refractivity contribution in [3.8, 4) is 0 Å². The van der Waals surface area contributed by atoms with Gasteiger partial charge in [-0.2, -0.15) is 5.10 Å². The van der Waals surface area contributed by atoms with E-state index in [0.29, 0.717) is 22.3 Å². The van der Waals surface area contributed by atoms with Crippen LogP contribution < -0.4 is 10.6 Å². The van der Waals surface area contributed by atoms with E-state index in [-0.39, 0.29) is 6.03 Å². The summed E-state index contributed by atoms with van der Waals surface area (Å²) < 4.78 is 11.3. The molecule has 0 radical (unpaired) electrons. The van der Waals surface area contributed by atoms with Crippen molar-refractivity contribution >= 4 is 28.3 Å². The average Bonchev–Trinajstić information content (AvgIpc) is 3.20. The summed E-state index contributed by atoms with van der Waals surface area (Å²) in [6.45, 7) is 0. The van der Waals surface area contributed by atoms with Gasteiger partial charge in [-0.1, -0.05) is 0 Å². The van der Waals surface area contributed by atoms with Crippen LogP contribution in [0, 0.1) is 0 Å². The predicted octanol–water partition coefficient (Wildman–Crippen LogP) is 2.06. The molecule has 1 aliphatic carbocycles. The summed E-state index contributed by atoms with van der Waals surface area (Å²) >= 11 is 0. The molecule has 0 aliphatic heterocycles. The van der Waals surface area contributed by atoms with Crippen LogP contribution in [0.5, 0.6) is 0 Å². The number of nitrogens with zero attached hydrogens (tertiary/aromatic N) is 2. The molecule has 1 aliphatic rings. The van der Waals surface area contributed by atoms with Crippen LogP contribution in [0.3, 0.4) is 0 Å². The van der Waals surface area contributed by atoms with Crippen molar-refractivity contribution in [1.29, 1.82) is 0 Å². The Hall–Kier alpha value is -2.22. The Bertz CT molecular complexity index is 678. The Kier molecular flexibility index (Phi) is 3.70. The predicted molar refractivity (Wildman–Crippen MR) is 79.8 cm³/mol. The number of aromatic amines is 1. The van der Waals surface area contributed by atoms with E-state index in [1.165, 1.54) is 6.20 Å². The molecule has 0 aromatic carbocycles. The smallest absolute Gasteiger partial charge is 0.305 e. The minimum atomic E-state index is -1.08. The molecule has 3 rings (SSSR count). The molecular formula is C13H15N5O2S. The minimum absolute atomic E-state index is 0.379. The third-order valence-corrected chi connectivity index (χ3v) is 4.12. The highest BCUT2D eigenvalue weighted by molar-refractivity contribution is 7.84. The third kappa shape index (κ3) is 3.27. The summed E-state index contributed by atoms with van der Waals surface area (Å²) in [5.41, 5.74) is 1.66. The number of aromatic nitrogens is 3. The number of nitrogens with one attached hydrogen (secondary N) is 3. The zero-order valence-corrected chi connectivity index (χ0v) is 12.2. The molecule has 3 N–H and O–H groups in total. The second-order valence-corrected chi connectivity index (χ2v) is 6.26. The molecule has 110 valence electrons. The van der Waals surface area contributed by atoms with Crippen molar-refractivity contribution in [3.63, 3.8) is 0 Å². The van der Waals surface area contributed by atoms with Gasteiger partial charge < -0.3 is 5.32 Å². The second-order valence-electron chi connectivity index (χ2n) is 4.88. The zero-order valence-electron chi connectivity index (χ0n) is 11.4. The topological polar surface area (TPSA) is 99.8 Å². The van der Waals surface area contributed by atoms with Crippen molar-refractivity contribution in [3.05, 3.63) is 30.2 Å². The molecule has 0 saturated heterocycles. The zero-order chi connectivity index (χ0) is 14.8. The molecule has 2 aromatic rings. The highest BCUT2D eigenvalue weighted by Gasteiger charge is 2.28. The van der Waals surface area contributed by atoms with Crippen LogP contribution in [-0.2, 0) is 10.8 Å². The van der Waals surface area contributed by atoms with Gasteiger partial charge in [0.05, 0.1) is 33.3 Å². The van der Waals surface area contributed by atoms with Crippen LogP contribution in [0.15, 0.2) is 29.4 Å². The van der Waals surface area contributed by atoms with E-state index in [0.717, 1.165) is 18.5 Å². The van der Waals surface area contributed by atoms with Crippen molar-refractivity contribution < 1.29 is 9.00 Å². The van der Waals surface area contributed by atoms with Gasteiger partial charge in [-0.05, 0) is 25.0 Å². The molecule has 2 heterocycles. The number of anilines is 2. The van der Waals surface area contributed by atoms with Gasteiger partial charge in [0, 0.05) is 18.4 Å². The number of hydrogen-bond donors (Lipinski definition) is 3. The number of amides is 2. The molecule has 2 amide bonds. The van der Waals surface area contributed by atoms with Crippen LogP contribution in [0.25, 0.3) is 0 Å². The number of H-pyrrole nitrogens is 1. The summed E-state index contributed by atoms with van der Waals surface area (Å²) in [4.78, 5) is 16.6. The summed E-state index contributed by atoms with van der Waals surface area (Å²) in [6, 6.07) is 2.91. The van der Waals surface area contributed by atoms with Crippen LogP contribution in [0.2, 0.25) is 0 Å². The number of urea groups is 1. The Balaban J connectivity index is 1.63. The van der Waals surface area contributed by atoms with Crippen molar-refractivity contribution in [1.82, 2.24) is 15.2 Å². The van der Waals surface area contributed by atoms with E-state index in [1.54, 1.807) is 24.6 Å². The molecular weight excluding hydrogens is 290 g/mol. The van der Waals surface area contributed by atoms with Crippen LogP contribution in [-0.4, -0.2) is 31.7 Å². The molecule has 0 bridgehead atoms. The Labute approximate surface area is 124 Å². The second kappa shape index (κ2) is 5.65. The lowest BCUT2D eigenvalue weighted by Gasteiger charge is -2.07. The summed E-state index contributed by atoms with van der Waals surface area (Å²) in [5, 5.41) is 12.3. The van der Waals surface area contributed by atoms with E-state index < -0.39 is 10.8 Å². The monoisotopic (exact) mass is 305 g/mol. The normalized spacial score (nSPS) is 15.5. The minimum Gasteiger partial charge on any atom is -0.305 e. The lowest BCUT2D eigenvalue weighted by atomic mass is 10.2. The molecule has 1 unspecified atom stereocenters. The van der Waals surface area contributed by atoms with Gasteiger partial charge in [-0.25, -0.2) is 9.78 Å². The summed E-state index contributed by atoms with van der Waals surface area (Å²) in [7, 11) is -1.08. The summed E-state index contributed by atoms with van der Waals surface area (Å²) in [5.74, 6) is 0.873. The number of pyridine rings is 1. The van der Waals surface area contributed by atoms with E-state index in [1.807, 2.05) is 0 Å². The summed E-state index contributed by atoms with van der Waals surface area (Å²) in [6.07, 6.45) is 6.91. The molecule has 21 heavy (non-hydrogen) atoms. The first-order valence-corrected chi connectivity index (χ1v) is 8.10. The van der Waals surface area contributed by atoms with Gasteiger partial charge in [0.15, 0.2) is 0 Å². The lowest BCUT2D eigenvalue weighted by Crippen LogP contribution is -2.20. The highest BCUT2D eigenvalue weighted by Crippen LogP contribution is 2.42. The number of hydrogen-bond acceptors (Lipinski definition) is 4. The van der Waals surface area contributed by atoms with Gasteiger partial charge >= 0.3 is 6.03 Å². The Morgan fingerprint density at radius 2 is 2.14 bits per heavy atom. The average molecular weight is 305 g/mol. The third-order valence-electron chi connectivity index (χ3n) is 3.21. The SMILES string of the molecule is CS(=O)c1ccc(NC(=O)Nc2cn[nH]c2C2CC2)nc1. The van der Waals surface area contributed by atoms with E-state index in [9.17, 15) is 9.00 Å². The fraction of sp³-hybridized carbons (Fsp3) is 0.308. The first-order chi connectivity index (χ1) is 10.1. The molecule has 1 saturated carbocycles. The van der Waals surface area contributed by atoms with E-state index in [4.69, 9.17) is 0 Å². The largest absolute Gasteiger partial charge is 0.324 e. The van der Waals surface area contributed by atoms with Crippen molar-refractivity contribution in [2.45, 2.75) is 23.7 Å². The van der Waals surface area contributed by atoms with Crippen molar-refractivity contribution in [2.24, 2.45) is 0 Å². The van der Waals surface area contributed by atoms with Crippen LogP contribution >= 0.6 is 0 Å². The molecule has 7 nitrogen and oxygen atoms in total. The quantitative estimate of drug-likeness (QED) is 0.805.